The molecule has 3 rings (SSSR count). The van der Waals surface area contributed by atoms with Gasteiger partial charge in [0, 0.05) is 11.4 Å². The van der Waals surface area contributed by atoms with Crippen LogP contribution in [0.5, 0.6) is 5.75 Å². The number of benzene rings is 2. The van der Waals surface area contributed by atoms with E-state index in [2.05, 4.69) is 10.3 Å². The molecule has 0 fully saturated rings. The molecule has 0 saturated heterocycles. The molecule has 0 aliphatic rings. The summed E-state index contributed by atoms with van der Waals surface area (Å²) < 4.78 is 14.4. The number of aliphatic hydroxyl groups is 1. The van der Waals surface area contributed by atoms with Crippen molar-refractivity contribution in [2.75, 3.05) is 0 Å². The highest BCUT2D eigenvalue weighted by Gasteiger charge is 2.25. The summed E-state index contributed by atoms with van der Waals surface area (Å²) in [6.45, 7) is 1.62. The van der Waals surface area contributed by atoms with Crippen LogP contribution in [0.15, 0.2) is 48.7 Å². The van der Waals surface area contributed by atoms with Gasteiger partial charge in [0.05, 0.1) is 17.5 Å². The fourth-order valence-corrected chi connectivity index (χ4v) is 2.61. The number of phenols is 1. The van der Waals surface area contributed by atoms with Gasteiger partial charge in [-0.3, -0.25) is 0 Å². The van der Waals surface area contributed by atoms with E-state index in [1.807, 2.05) is 0 Å². The highest BCUT2D eigenvalue weighted by atomic mass is 35.5. The molecule has 24 heavy (non-hydrogen) atoms. The molecular weight excluding hydrogens is 333 g/mol. The van der Waals surface area contributed by atoms with Gasteiger partial charge in [0.2, 0.25) is 0 Å². The Balaban J connectivity index is 1.85. The van der Waals surface area contributed by atoms with E-state index >= 15 is 0 Å². The Morgan fingerprint density at radius 2 is 1.92 bits per heavy atom. The summed E-state index contributed by atoms with van der Waals surface area (Å²) in [6, 6.07) is 10.2. The van der Waals surface area contributed by atoms with Crippen molar-refractivity contribution in [1.82, 2.24) is 15.0 Å². The predicted molar refractivity (Wildman–Crippen MR) is 87.7 cm³/mol. The molecule has 2 N–H and O–H groups in total. The van der Waals surface area contributed by atoms with E-state index in [0.29, 0.717) is 22.0 Å². The van der Waals surface area contributed by atoms with E-state index in [4.69, 9.17) is 11.6 Å². The molecule has 1 unspecified atom stereocenters. The summed E-state index contributed by atoms with van der Waals surface area (Å²) >= 11 is 5.93. The van der Waals surface area contributed by atoms with Crippen LogP contribution in [0.2, 0.25) is 5.02 Å². The van der Waals surface area contributed by atoms with Crippen LogP contribution < -0.4 is 0 Å². The summed E-state index contributed by atoms with van der Waals surface area (Å²) in [7, 11) is 0. The lowest BCUT2D eigenvalue weighted by Crippen LogP contribution is -2.24. The molecule has 0 bridgehead atoms. The standard InChI is InChI=1S/C17H15ClFN3O2/c1-17(24,11-2-5-13(19)6-3-11)9-14-10-22(21-20-14)15-8-12(18)4-7-16(15)23/h2-8,10,23-24H,9H2,1H3. The monoisotopic (exact) mass is 347 g/mol. The second kappa shape index (κ2) is 6.22. The molecule has 0 aliphatic carbocycles. The van der Waals surface area contributed by atoms with Gasteiger partial charge < -0.3 is 10.2 Å². The van der Waals surface area contributed by atoms with Crippen molar-refractivity contribution in [3.05, 3.63) is 70.8 Å². The molecule has 7 heteroatoms. The smallest absolute Gasteiger partial charge is 0.141 e. The Morgan fingerprint density at radius 1 is 1.21 bits per heavy atom. The van der Waals surface area contributed by atoms with Crippen molar-refractivity contribution in [3.8, 4) is 11.4 Å². The van der Waals surface area contributed by atoms with Crippen molar-refractivity contribution in [2.45, 2.75) is 18.9 Å². The van der Waals surface area contributed by atoms with Crippen LogP contribution in [-0.2, 0) is 12.0 Å². The van der Waals surface area contributed by atoms with E-state index in [0.717, 1.165) is 0 Å². The van der Waals surface area contributed by atoms with Gasteiger partial charge in [0.25, 0.3) is 0 Å². The van der Waals surface area contributed by atoms with Crippen molar-refractivity contribution in [1.29, 1.82) is 0 Å². The van der Waals surface area contributed by atoms with Crippen LogP contribution in [0.25, 0.3) is 5.69 Å². The zero-order valence-electron chi connectivity index (χ0n) is 12.8. The molecule has 1 aromatic heterocycles. The second-order valence-electron chi connectivity index (χ2n) is 5.75. The van der Waals surface area contributed by atoms with E-state index in [-0.39, 0.29) is 18.0 Å². The number of hydrogen-bond donors (Lipinski definition) is 2. The average molecular weight is 348 g/mol. The first-order valence-corrected chi connectivity index (χ1v) is 7.61. The molecule has 3 aromatic rings. The zero-order valence-corrected chi connectivity index (χ0v) is 13.6. The molecule has 0 spiro atoms. The number of aromatic hydroxyl groups is 1. The molecule has 0 radical (unpaired) electrons. The largest absolute Gasteiger partial charge is 0.506 e. The number of nitrogens with zero attached hydrogens (tertiary/aromatic N) is 3. The highest BCUT2D eigenvalue weighted by molar-refractivity contribution is 6.30. The number of rotatable bonds is 4. The van der Waals surface area contributed by atoms with Gasteiger partial charge in [-0.05, 0) is 42.8 Å². The minimum atomic E-state index is -1.23. The fourth-order valence-electron chi connectivity index (χ4n) is 2.44. The van der Waals surface area contributed by atoms with Gasteiger partial charge in [-0.15, -0.1) is 5.10 Å². The van der Waals surface area contributed by atoms with Crippen molar-refractivity contribution >= 4 is 11.6 Å². The number of hydrogen-bond acceptors (Lipinski definition) is 4. The SMILES string of the molecule is CC(O)(Cc1cn(-c2cc(Cl)ccc2O)nn1)c1ccc(F)cc1. The molecule has 124 valence electrons. The molecule has 0 amide bonds. The van der Waals surface area contributed by atoms with Gasteiger partial charge in [-0.25, -0.2) is 9.07 Å². The third-order valence-electron chi connectivity index (χ3n) is 3.72. The Morgan fingerprint density at radius 3 is 2.62 bits per heavy atom. The zero-order chi connectivity index (χ0) is 17.3. The lowest BCUT2D eigenvalue weighted by molar-refractivity contribution is 0.0565. The maximum absolute atomic E-state index is 13.0. The summed E-state index contributed by atoms with van der Waals surface area (Å²) in [5, 5.41) is 29.0. The second-order valence-corrected chi connectivity index (χ2v) is 6.18. The van der Waals surface area contributed by atoms with E-state index in [1.54, 1.807) is 25.3 Å². The summed E-state index contributed by atoms with van der Waals surface area (Å²) in [4.78, 5) is 0. The van der Waals surface area contributed by atoms with Crippen molar-refractivity contribution < 1.29 is 14.6 Å². The number of phenolic OH excluding ortho intramolecular Hbond substituents is 1. The third kappa shape index (κ3) is 3.39. The van der Waals surface area contributed by atoms with E-state index in [1.165, 1.54) is 35.0 Å². The van der Waals surface area contributed by atoms with Crippen LogP contribution >= 0.6 is 11.6 Å². The van der Waals surface area contributed by atoms with Gasteiger partial charge in [0.15, 0.2) is 0 Å². The molecule has 2 aromatic carbocycles. The van der Waals surface area contributed by atoms with Crippen LogP contribution in [-0.4, -0.2) is 25.2 Å². The van der Waals surface area contributed by atoms with Crippen LogP contribution in [0.1, 0.15) is 18.2 Å². The Bertz CT molecular complexity index is 863. The minimum absolute atomic E-state index is 0.0149. The van der Waals surface area contributed by atoms with Crippen molar-refractivity contribution in [3.63, 3.8) is 0 Å². The quantitative estimate of drug-likeness (QED) is 0.760. The van der Waals surface area contributed by atoms with Crippen LogP contribution in [0, 0.1) is 5.82 Å². The normalized spacial score (nSPS) is 13.7. The lowest BCUT2D eigenvalue weighted by atomic mass is 9.91. The maximum Gasteiger partial charge on any atom is 0.141 e. The molecule has 5 nitrogen and oxygen atoms in total. The molecule has 0 aliphatic heterocycles. The summed E-state index contributed by atoms with van der Waals surface area (Å²) in [5.41, 5.74) is 0.251. The Hall–Kier alpha value is -2.44. The van der Waals surface area contributed by atoms with Crippen molar-refractivity contribution in [2.24, 2.45) is 0 Å². The average Bonchev–Trinajstić information content (AvgIpc) is 2.97. The number of halogens is 2. The first-order valence-electron chi connectivity index (χ1n) is 7.24. The molecule has 1 atom stereocenters. The van der Waals surface area contributed by atoms with E-state index < -0.39 is 5.60 Å². The third-order valence-corrected chi connectivity index (χ3v) is 3.95. The van der Waals surface area contributed by atoms with Gasteiger partial charge in [-0.2, -0.15) is 0 Å². The van der Waals surface area contributed by atoms with Gasteiger partial charge in [0.1, 0.15) is 17.3 Å². The molecular formula is C17H15ClFN3O2. The van der Waals surface area contributed by atoms with Gasteiger partial charge in [-0.1, -0.05) is 28.9 Å². The summed E-state index contributed by atoms with van der Waals surface area (Å²) in [6.07, 6.45) is 1.78. The van der Waals surface area contributed by atoms with E-state index in [9.17, 15) is 14.6 Å². The molecule has 1 heterocycles. The maximum atomic E-state index is 13.0. The fraction of sp³-hybridized carbons (Fsp3) is 0.176. The topological polar surface area (TPSA) is 71.2 Å². The lowest BCUT2D eigenvalue weighted by Gasteiger charge is -2.22. The Labute approximate surface area is 142 Å². The number of aromatic nitrogens is 3. The van der Waals surface area contributed by atoms with Gasteiger partial charge >= 0.3 is 0 Å². The predicted octanol–water partition coefficient (Wildman–Crippen LogP) is 3.22. The highest BCUT2D eigenvalue weighted by Crippen LogP contribution is 2.27. The minimum Gasteiger partial charge on any atom is -0.506 e. The first kappa shape index (κ1) is 16.4. The molecule has 0 saturated carbocycles. The summed E-state index contributed by atoms with van der Waals surface area (Å²) in [5.74, 6) is -0.349. The van der Waals surface area contributed by atoms with Crippen LogP contribution in [0.3, 0.4) is 0 Å². The Kier molecular flexibility index (Phi) is 4.26. The first-order chi connectivity index (χ1) is 11.3. The van der Waals surface area contributed by atoms with Crippen LogP contribution in [0.4, 0.5) is 4.39 Å².